The normalized spacial score (nSPS) is 11.1. The van der Waals surface area contributed by atoms with E-state index in [9.17, 15) is 19.1 Å². The molecule has 1 aromatic carbocycles. The summed E-state index contributed by atoms with van der Waals surface area (Å²) in [5, 5.41) is 11.7. The minimum Gasteiger partial charge on any atom is -0.481 e. The maximum atomic E-state index is 13.4. The fourth-order valence-corrected chi connectivity index (χ4v) is 1.87. The van der Waals surface area contributed by atoms with Crippen LogP contribution in [-0.2, 0) is 4.79 Å². The zero-order chi connectivity index (χ0) is 14.5. The van der Waals surface area contributed by atoms with Crippen LogP contribution in [0.15, 0.2) is 24.3 Å². The van der Waals surface area contributed by atoms with Gasteiger partial charge in [-0.1, -0.05) is 26.0 Å². The molecule has 0 aliphatic rings. The van der Waals surface area contributed by atoms with Crippen molar-refractivity contribution >= 4 is 11.9 Å². The lowest BCUT2D eigenvalue weighted by Gasteiger charge is -2.26. The van der Waals surface area contributed by atoms with Gasteiger partial charge in [-0.2, -0.15) is 0 Å². The number of amides is 1. The molecule has 0 saturated carbocycles. The molecule has 5 heteroatoms. The molecule has 0 heterocycles. The van der Waals surface area contributed by atoms with Crippen molar-refractivity contribution in [2.24, 2.45) is 5.41 Å². The number of aliphatic carboxylic acids is 1. The zero-order valence-corrected chi connectivity index (χ0v) is 11.1. The molecular formula is C14H18FNO3. The van der Waals surface area contributed by atoms with E-state index in [0.717, 1.165) is 0 Å². The summed E-state index contributed by atoms with van der Waals surface area (Å²) in [5.41, 5.74) is -1.07. The van der Waals surface area contributed by atoms with Crippen molar-refractivity contribution in [1.29, 1.82) is 0 Å². The van der Waals surface area contributed by atoms with E-state index < -0.39 is 23.1 Å². The van der Waals surface area contributed by atoms with Crippen molar-refractivity contribution in [3.8, 4) is 0 Å². The van der Waals surface area contributed by atoms with Gasteiger partial charge in [-0.25, -0.2) is 4.39 Å². The quantitative estimate of drug-likeness (QED) is 0.832. The number of rotatable bonds is 6. The Morgan fingerprint density at radius 2 is 1.84 bits per heavy atom. The number of carboxylic acid groups (broad SMARTS) is 1. The van der Waals surface area contributed by atoms with Crippen molar-refractivity contribution in [2.45, 2.75) is 26.7 Å². The molecule has 1 rings (SSSR count). The van der Waals surface area contributed by atoms with E-state index >= 15 is 0 Å². The highest BCUT2D eigenvalue weighted by atomic mass is 19.1. The Hall–Kier alpha value is -1.91. The summed E-state index contributed by atoms with van der Waals surface area (Å²) in [4.78, 5) is 23.1. The first-order valence-electron chi connectivity index (χ1n) is 6.23. The Balaban J connectivity index is 2.79. The van der Waals surface area contributed by atoms with E-state index in [0.29, 0.717) is 12.8 Å². The summed E-state index contributed by atoms with van der Waals surface area (Å²) in [7, 11) is 0. The highest BCUT2D eigenvalue weighted by Gasteiger charge is 2.35. The summed E-state index contributed by atoms with van der Waals surface area (Å²) in [6, 6.07) is 5.61. The fourth-order valence-electron chi connectivity index (χ4n) is 1.87. The number of nitrogens with one attached hydrogen (secondary N) is 1. The fraction of sp³-hybridized carbons (Fsp3) is 0.429. The topological polar surface area (TPSA) is 66.4 Å². The van der Waals surface area contributed by atoms with E-state index in [1.54, 1.807) is 19.9 Å². The largest absolute Gasteiger partial charge is 0.481 e. The average Bonchev–Trinajstić information content (AvgIpc) is 2.40. The van der Waals surface area contributed by atoms with Crippen molar-refractivity contribution < 1.29 is 19.1 Å². The molecule has 0 atom stereocenters. The van der Waals surface area contributed by atoms with E-state index in [2.05, 4.69) is 5.32 Å². The van der Waals surface area contributed by atoms with E-state index in [-0.39, 0.29) is 12.1 Å². The van der Waals surface area contributed by atoms with Crippen molar-refractivity contribution in [1.82, 2.24) is 5.32 Å². The molecule has 0 aliphatic heterocycles. The number of halogens is 1. The van der Waals surface area contributed by atoms with Crippen LogP contribution in [-0.4, -0.2) is 23.5 Å². The van der Waals surface area contributed by atoms with E-state index in [1.165, 1.54) is 18.2 Å². The Kier molecular flexibility index (Phi) is 5.03. The van der Waals surface area contributed by atoms with Gasteiger partial charge in [0.05, 0.1) is 11.0 Å². The van der Waals surface area contributed by atoms with Crippen LogP contribution in [0.25, 0.3) is 0 Å². The summed E-state index contributed by atoms with van der Waals surface area (Å²) >= 11 is 0. The van der Waals surface area contributed by atoms with Gasteiger partial charge in [-0.05, 0) is 25.0 Å². The predicted molar refractivity (Wildman–Crippen MR) is 69.4 cm³/mol. The van der Waals surface area contributed by atoms with Gasteiger partial charge in [0, 0.05) is 6.54 Å². The molecule has 0 spiro atoms. The van der Waals surface area contributed by atoms with Crippen LogP contribution in [0.5, 0.6) is 0 Å². The monoisotopic (exact) mass is 267 g/mol. The van der Waals surface area contributed by atoms with Crippen LogP contribution in [0.2, 0.25) is 0 Å². The van der Waals surface area contributed by atoms with Crippen LogP contribution < -0.4 is 5.32 Å². The number of hydrogen-bond acceptors (Lipinski definition) is 2. The summed E-state index contributed by atoms with van der Waals surface area (Å²) in [6.07, 6.45) is 0.798. The molecule has 0 saturated heterocycles. The van der Waals surface area contributed by atoms with Gasteiger partial charge >= 0.3 is 5.97 Å². The zero-order valence-electron chi connectivity index (χ0n) is 11.1. The second kappa shape index (κ2) is 6.31. The molecule has 0 radical (unpaired) electrons. The van der Waals surface area contributed by atoms with Crippen LogP contribution in [0, 0.1) is 11.2 Å². The molecule has 0 bridgehead atoms. The molecule has 2 N–H and O–H groups in total. The Morgan fingerprint density at radius 1 is 1.26 bits per heavy atom. The van der Waals surface area contributed by atoms with Crippen LogP contribution >= 0.6 is 0 Å². The van der Waals surface area contributed by atoms with Crippen molar-refractivity contribution in [2.75, 3.05) is 6.54 Å². The molecular weight excluding hydrogens is 249 g/mol. The smallest absolute Gasteiger partial charge is 0.311 e. The van der Waals surface area contributed by atoms with Crippen molar-refractivity contribution in [3.63, 3.8) is 0 Å². The van der Waals surface area contributed by atoms with Gasteiger partial charge < -0.3 is 10.4 Å². The first kappa shape index (κ1) is 15.1. The van der Waals surface area contributed by atoms with E-state index in [4.69, 9.17) is 0 Å². The number of benzene rings is 1. The second-order valence-electron chi connectivity index (χ2n) is 4.46. The van der Waals surface area contributed by atoms with Crippen LogP contribution in [0.4, 0.5) is 4.39 Å². The summed E-state index contributed by atoms with van der Waals surface area (Å²) in [5.74, 6) is -2.16. The maximum Gasteiger partial charge on any atom is 0.311 e. The predicted octanol–water partition coefficient (Wildman–Crippen LogP) is 2.45. The van der Waals surface area contributed by atoms with Crippen LogP contribution in [0.1, 0.15) is 37.0 Å². The minimum absolute atomic E-state index is 0.0114. The van der Waals surface area contributed by atoms with Crippen LogP contribution in [0.3, 0.4) is 0 Å². The second-order valence-corrected chi connectivity index (χ2v) is 4.46. The average molecular weight is 267 g/mol. The molecule has 4 nitrogen and oxygen atoms in total. The van der Waals surface area contributed by atoms with Gasteiger partial charge in [0.15, 0.2) is 0 Å². The number of carboxylic acids is 1. The highest BCUT2D eigenvalue weighted by Crippen LogP contribution is 2.25. The number of hydrogen-bond donors (Lipinski definition) is 2. The standard InChI is InChI=1S/C14H18FNO3/c1-3-14(4-2,13(18)19)9-16-12(17)10-7-5-6-8-11(10)15/h5-8H,3-4,9H2,1-2H3,(H,16,17)(H,18,19). The number of carbonyl (C=O) groups excluding carboxylic acids is 1. The first-order valence-corrected chi connectivity index (χ1v) is 6.23. The summed E-state index contributed by atoms with van der Waals surface area (Å²) < 4.78 is 13.4. The lowest BCUT2D eigenvalue weighted by molar-refractivity contribution is -0.149. The van der Waals surface area contributed by atoms with Crippen molar-refractivity contribution in [3.05, 3.63) is 35.6 Å². The number of carbonyl (C=O) groups is 2. The maximum absolute atomic E-state index is 13.4. The SMILES string of the molecule is CCC(CC)(CNC(=O)c1ccccc1F)C(=O)O. The lowest BCUT2D eigenvalue weighted by Crippen LogP contribution is -2.42. The first-order chi connectivity index (χ1) is 8.96. The third-order valence-corrected chi connectivity index (χ3v) is 3.51. The molecule has 1 amide bonds. The Labute approximate surface area is 111 Å². The summed E-state index contributed by atoms with van der Waals surface area (Å²) in [6.45, 7) is 3.50. The lowest BCUT2D eigenvalue weighted by atomic mass is 9.82. The van der Waals surface area contributed by atoms with Gasteiger partial charge in [-0.15, -0.1) is 0 Å². The Morgan fingerprint density at radius 3 is 2.32 bits per heavy atom. The van der Waals surface area contributed by atoms with Gasteiger partial charge in [0.25, 0.3) is 5.91 Å². The molecule has 0 aromatic heterocycles. The molecule has 0 fully saturated rings. The highest BCUT2D eigenvalue weighted by molar-refractivity contribution is 5.94. The molecule has 0 unspecified atom stereocenters. The molecule has 0 aliphatic carbocycles. The van der Waals surface area contributed by atoms with E-state index in [1.807, 2.05) is 0 Å². The van der Waals surface area contributed by atoms with Gasteiger partial charge in [-0.3, -0.25) is 9.59 Å². The Bertz CT molecular complexity index is 470. The third kappa shape index (κ3) is 3.30. The molecule has 19 heavy (non-hydrogen) atoms. The van der Waals surface area contributed by atoms with Gasteiger partial charge in [0.2, 0.25) is 0 Å². The van der Waals surface area contributed by atoms with Gasteiger partial charge in [0.1, 0.15) is 5.82 Å². The minimum atomic E-state index is -0.999. The molecule has 1 aromatic rings. The third-order valence-electron chi connectivity index (χ3n) is 3.51. The molecule has 104 valence electrons.